The maximum Gasteiger partial charge on any atom is 0.309 e. The number of rotatable bonds is 8. The lowest BCUT2D eigenvalue weighted by atomic mass is 9.96. The van der Waals surface area contributed by atoms with E-state index in [-0.39, 0.29) is 11.6 Å². The third-order valence-electron chi connectivity index (χ3n) is 3.87. The second-order valence-electron chi connectivity index (χ2n) is 6.11. The Hall–Kier alpha value is -1.09. The van der Waals surface area contributed by atoms with Crippen LogP contribution in [0.15, 0.2) is 23.3 Å². The van der Waals surface area contributed by atoms with Crippen molar-refractivity contribution in [3.05, 3.63) is 23.3 Å². The SMILES string of the molecule is COC(=O)C/C=C(\C)CC[C@H]1O[C@]1(C)CCC=C(C)C. The molecule has 114 valence electrons. The quantitative estimate of drug-likeness (QED) is 0.380. The first kappa shape index (κ1) is 17.0. The van der Waals surface area contributed by atoms with Crippen LogP contribution in [0, 0.1) is 0 Å². The van der Waals surface area contributed by atoms with Crippen molar-refractivity contribution in [2.24, 2.45) is 0 Å². The lowest BCUT2D eigenvalue weighted by Gasteiger charge is -2.05. The van der Waals surface area contributed by atoms with E-state index in [4.69, 9.17) is 4.74 Å². The zero-order valence-corrected chi connectivity index (χ0v) is 13.5. The summed E-state index contributed by atoms with van der Waals surface area (Å²) in [6.45, 7) is 8.52. The summed E-state index contributed by atoms with van der Waals surface area (Å²) in [5, 5.41) is 0. The lowest BCUT2D eigenvalue weighted by Crippen LogP contribution is -2.09. The summed E-state index contributed by atoms with van der Waals surface area (Å²) in [4.78, 5) is 11.0. The van der Waals surface area contributed by atoms with Gasteiger partial charge in [-0.3, -0.25) is 4.79 Å². The number of carbonyl (C=O) groups is 1. The Morgan fingerprint density at radius 3 is 2.60 bits per heavy atom. The fourth-order valence-electron chi connectivity index (χ4n) is 2.32. The molecular formula is C17H28O3. The van der Waals surface area contributed by atoms with Crippen molar-refractivity contribution < 1.29 is 14.3 Å². The van der Waals surface area contributed by atoms with Crippen LogP contribution in [0.3, 0.4) is 0 Å². The van der Waals surface area contributed by atoms with Gasteiger partial charge in [-0.05, 0) is 53.4 Å². The molecule has 20 heavy (non-hydrogen) atoms. The lowest BCUT2D eigenvalue weighted by molar-refractivity contribution is -0.139. The zero-order valence-electron chi connectivity index (χ0n) is 13.5. The molecule has 0 aromatic heterocycles. The van der Waals surface area contributed by atoms with Gasteiger partial charge >= 0.3 is 5.97 Å². The Kier molecular flexibility index (Phi) is 6.47. The molecule has 1 aliphatic rings. The van der Waals surface area contributed by atoms with Gasteiger partial charge in [0.2, 0.25) is 0 Å². The predicted octanol–water partition coefficient (Wildman–Crippen LogP) is 4.18. The molecule has 0 amide bonds. The first-order valence-corrected chi connectivity index (χ1v) is 7.41. The van der Waals surface area contributed by atoms with Gasteiger partial charge in [-0.15, -0.1) is 0 Å². The highest BCUT2D eigenvalue weighted by Gasteiger charge is 2.50. The van der Waals surface area contributed by atoms with E-state index in [1.165, 1.54) is 18.3 Å². The minimum atomic E-state index is -0.182. The molecule has 0 N–H and O–H groups in total. The Balaban J connectivity index is 2.24. The van der Waals surface area contributed by atoms with E-state index in [1.807, 2.05) is 6.08 Å². The molecule has 0 unspecified atom stereocenters. The normalized spacial score (nSPS) is 25.2. The summed E-state index contributed by atoms with van der Waals surface area (Å²) >= 11 is 0. The average molecular weight is 280 g/mol. The fraction of sp³-hybridized carbons (Fsp3) is 0.706. The van der Waals surface area contributed by atoms with Crippen molar-refractivity contribution in [2.45, 2.75) is 71.5 Å². The van der Waals surface area contributed by atoms with E-state index < -0.39 is 0 Å². The minimum absolute atomic E-state index is 0.0641. The summed E-state index contributed by atoms with van der Waals surface area (Å²) in [5.74, 6) is -0.182. The number of carbonyl (C=O) groups excluding carboxylic acids is 1. The highest BCUT2D eigenvalue weighted by molar-refractivity contribution is 5.71. The van der Waals surface area contributed by atoms with Gasteiger partial charge in [-0.2, -0.15) is 0 Å². The Labute approximate surface area is 123 Å². The molecule has 0 saturated carbocycles. The van der Waals surface area contributed by atoms with Gasteiger partial charge in [0.05, 0.1) is 25.2 Å². The molecule has 1 aliphatic heterocycles. The summed E-state index contributed by atoms with van der Waals surface area (Å²) in [5.41, 5.74) is 2.67. The van der Waals surface area contributed by atoms with Crippen LogP contribution in [-0.2, 0) is 14.3 Å². The van der Waals surface area contributed by atoms with Crippen LogP contribution in [0.1, 0.15) is 59.8 Å². The zero-order chi connectivity index (χ0) is 15.2. The third-order valence-corrected chi connectivity index (χ3v) is 3.87. The van der Waals surface area contributed by atoms with E-state index in [0.717, 1.165) is 25.7 Å². The molecule has 0 radical (unpaired) electrons. The molecule has 3 heteroatoms. The van der Waals surface area contributed by atoms with Gasteiger partial charge < -0.3 is 9.47 Å². The van der Waals surface area contributed by atoms with Crippen LogP contribution in [0.4, 0.5) is 0 Å². The van der Waals surface area contributed by atoms with Gasteiger partial charge in [0.15, 0.2) is 0 Å². The van der Waals surface area contributed by atoms with Crippen molar-refractivity contribution in [3.8, 4) is 0 Å². The third kappa shape index (κ3) is 5.91. The van der Waals surface area contributed by atoms with Crippen LogP contribution in [0.2, 0.25) is 0 Å². The first-order valence-electron chi connectivity index (χ1n) is 7.41. The summed E-state index contributed by atoms with van der Waals surface area (Å²) in [6, 6.07) is 0. The Bertz CT molecular complexity index is 391. The maximum absolute atomic E-state index is 11.0. The molecular weight excluding hydrogens is 252 g/mol. The van der Waals surface area contributed by atoms with E-state index in [2.05, 4.69) is 38.5 Å². The molecule has 1 saturated heterocycles. The Morgan fingerprint density at radius 2 is 2.00 bits per heavy atom. The average Bonchev–Trinajstić information content (AvgIpc) is 3.03. The van der Waals surface area contributed by atoms with E-state index in [1.54, 1.807) is 0 Å². The van der Waals surface area contributed by atoms with Crippen molar-refractivity contribution in [2.75, 3.05) is 7.11 Å². The topological polar surface area (TPSA) is 38.8 Å². The number of esters is 1. The standard InChI is InChI=1S/C17H28O3/c1-13(2)7-6-12-17(4)15(20-17)10-8-14(3)9-11-16(18)19-5/h7,9,15H,6,8,10-12H2,1-5H3/b14-9+/t15-,17-/m1/s1. The van der Waals surface area contributed by atoms with Crippen LogP contribution < -0.4 is 0 Å². The first-order chi connectivity index (χ1) is 9.37. The van der Waals surface area contributed by atoms with Crippen molar-refractivity contribution in [1.82, 2.24) is 0 Å². The van der Waals surface area contributed by atoms with Crippen LogP contribution in [0.5, 0.6) is 0 Å². The second-order valence-corrected chi connectivity index (χ2v) is 6.11. The van der Waals surface area contributed by atoms with Crippen LogP contribution in [-0.4, -0.2) is 24.8 Å². The van der Waals surface area contributed by atoms with Gasteiger partial charge in [-0.1, -0.05) is 23.3 Å². The van der Waals surface area contributed by atoms with Crippen LogP contribution >= 0.6 is 0 Å². The molecule has 1 heterocycles. The molecule has 0 aromatic rings. The number of allylic oxidation sites excluding steroid dienone is 3. The number of hydrogen-bond acceptors (Lipinski definition) is 3. The smallest absolute Gasteiger partial charge is 0.309 e. The molecule has 0 aromatic carbocycles. The van der Waals surface area contributed by atoms with Gasteiger partial charge in [0, 0.05) is 0 Å². The van der Waals surface area contributed by atoms with Crippen molar-refractivity contribution in [1.29, 1.82) is 0 Å². The number of epoxide rings is 1. The fourth-order valence-corrected chi connectivity index (χ4v) is 2.32. The summed E-state index contributed by atoms with van der Waals surface area (Å²) in [7, 11) is 1.42. The number of ether oxygens (including phenoxy) is 2. The number of hydrogen-bond donors (Lipinski definition) is 0. The van der Waals surface area contributed by atoms with Crippen molar-refractivity contribution >= 4 is 5.97 Å². The molecule has 2 atom stereocenters. The van der Waals surface area contributed by atoms with Gasteiger partial charge in [0.25, 0.3) is 0 Å². The molecule has 1 rings (SSSR count). The highest BCUT2D eigenvalue weighted by Crippen LogP contribution is 2.43. The Morgan fingerprint density at radius 1 is 1.30 bits per heavy atom. The molecule has 0 aliphatic carbocycles. The molecule has 0 bridgehead atoms. The van der Waals surface area contributed by atoms with Gasteiger partial charge in [0.1, 0.15) is 0 Å². The van der Waals surface area contributed by atoms with Crippen molar-refractivity contribution in [3.63, 3.8) is 0 Å². The largest absolute Gasteiger partial charge is 0.469 e. The molecule has 3 nitrogen and oxygen atoms in total. The number of methoxy groups -OCH3 is 1. The summed E-state index contributed by atoms with van der Waals surface area (Å²) < 4.78 is 10.5. The predicted molar refractivity (Wildman–Crippen MR) is 81.6 cm³/mol. The molecule has 1 fully saturated rings. The highest BCUT2D eigenvalue weighted by atomic mass is 16.6. The van der Waals surface area contributed by atoms with E-state index in [9.17, 15) is 4.79 Å². The van der Waals surface area contributed by atoms with E-state index >= 15 is 0 Å². The van der Waals surface area contributed by atoms with Crippen LogP contribution in [0.25, 0.3) is 0 Å². The molecule has 0 spiro atoms. The second kappa shape index (κ2) is 7.63. The monoisotopic (exact) mass is 280 g/mol. The minimum Gasteiger partial charge on any atom is -0.469 e. The van der Waals surface area contributed by atoms with Gasteiger partial charge in [-0.25, -0.2) is 0 Å². The summed E-state index contributed by atoms with van der Waals surface area (Å²) in [6.07, 6.45) is 9.16. The van der Waals surface area contributed by atoms with E-state index in [0.29, 0.717) is 12.5 Å². The maximum atomic E-state index is 11.0.